The molecule has 0 aliphatic carbocycles. The SMILES string of the molecule is COC(=O)c1c(Cl)nc(N(C)C)nc1SCc1ccccc1. The summed E-state index contributed by atoms with van der Waals surface area (Å²) in [6.45, 7) is 0. The summed E-state index contributed by atoms with van der Waals surface area (Å²) in [6, 6.07) is 9.92. The summed E-state index contributed by atoms with van der Waals surface area (Å²) < 4.78 is 4.78. The van der Waals surface area contributed by atoms with Gasteiger partial charge in [-0.1, -0.05) is 41.9 Å². The number of carbonyl (C=O) groups excluding carboxylic acids is 1. The van der Waals surface area contributed by atoms with Crippen LogP contribution in [-0.4, -0.2) is 37.1 Å². The number of esters is 1. The third kappa shape index (κ3) is 3.90. The number of anilines is 1. The van der Waals surface area contributed by atoms with Crippen LogP contribution in [0.25, 0.3) is 0 Å². The van der Waals surface area contributed by atoms with Gasteiger partial charge in [0.05, 0.1) is 7.11 Å². The Labute approximate surface area is 138 Å². The number of hydrogen-bond donors (Lipinski definition) is 0. The molecule has 5 nitrogen and oxygen atoms in total. The van der Waals surface area contributed by atoms with Gasteiger partial charge >= 0.3 is 5.97 Å². The molecule has 0 radical (unpaired) electrons. The molecule has 116 valence electrons. The minimum atomic E-state index is -0.536. The lowest BCUT2D eigenvalue weighted by atomic mass is 10.2. The van der Waals surface area contributed by atoms with Crippen LogP contribution in [0.4, 0.5) is 5.95 Å². The molecule has 1 aromatic carbocycles. The van der Waals surface area contributed by atoms with E-state index in [1.165, 1.54) is 18.9 Å². The molecule has 0 N–H and O–H groups in total. The van der Waals surface area contributed by atoms with Crippen molar-refractivity contribution in [2.45, 2.75) is 10.8 Å². The van der Waals surface area contributed by atoms with Gasteiger partial charge in [-0.3, -0.25) is 0 Å². The summed E-state index contributed by atoms with van der Waals surface area (Å²) >= 11 is 7.57. The van der Waals surface area contributed by atoms with Gasteiger partial charge in [0.1, 0.15) is 15.7 Å². The molecule has 0 saturated heterocycles. The van der Waals surface area contributed by atoms with Crippen LogP contribution in [0.15, 0.2) is 35.4 Å². The number of methoxy groups -OCH3 is 1. The Morgan fingerprint density at radius 3 is 2.55 bits per heavy atom. The maximum absolute atomic E-state index is 11.9. The van der Waals surface area contributed by atoms with Crippen LogP contribution in [0.5, 0.6) is 0 Å². The zero-order valence-corrected chi connectivity index (χ0v) is 14.1. The summed E-state index contributed by atoms with van der Waals surface area (Å²) in [5.74, 6) is 0.587. The van der Waals surface area contributed by atoms with Crippen molar-refractivity contribution in [3.63, 3.8) is 0 Å². The molecule has 0 aliphatic rings. The van der Waals surface area contributed by atoms with Crippen molar-refractivity contribution >= 4 is 35.3 Å². The van der Waals surface area contributed by atoms with Gasteiger partial charge in [0, 0.05) is 19.8 Å². The van der Waals surface area contributed by atoms with Gasteiger partial charge in [0.2, 0.25) is 5.95 Å². The van der Waals surface area contributed by atoms with Crippen molar-refractivity contribution in [2.24, 2.45) is 0 Å². The number of thioether (sulfide) groups is 1. The average Bonchev–Trinajstić information content (AvgIpc) is 2.52. The molecule has 0 bridgehead atoms. The molecule has 22 heavy (non-hydrogen) atoms. The molecule has 7 heteroatoms. The molecule has 0 saturated carbocycles. The number of hydrogen-bond acceptors (Lipinski definition) is 6. The lowest BCUT2D eigenvalue weighted by molar-refractivity contribution is 0.0595. The van der Waals surface area contributed by atoms with E-state index in [1.54, 1.807) is 4.90 Å². The zero-order valence-electron chi connectivity index (χ0n) is 12.5. The molecule has 0 aliphatic heterocycles. The highest BCUT2D eigenvalue weighted by atomic mass is 35.5. The second kappa shape index (κ2) is 7.47. The minimum Gasteiger partial charge on any atom is -0.465 e. The van der Waals surface area contributed by atoms with E-state index in [-0.39, 0.29) is 10.7 Å². The Morgan fingerprint density at radius 2 is 1.95 bits per heavy atom. The first-order chi connectivity index (χ1) is 10.5. The number of carbonyl (C=O) groups is 1. The van der Waals surface area contributed by atoms with Gasteiger partial charge in [-0.25, -0.2) is 9.78 Å². The lowest BCUT2D eigenvalue weighted by Crippen LogP contribution is -2.16. The van der Waals surface area contributed by atoms with E-state index in [9.17, 15) is 4.79 Å². The van der Waals surface area contributed by atoms with Crippen molar-refractivity contribution in [3.8, 4) is 0 Å². The van der Waals surface area contributed by atoms with Gasteiger partial charge in [0.25, 0.3) is 0 Å². The number of rotatable bonds is 5. The average molecular weight is 338 g/mol. The highest BCUT2D eigenvalue weighted by Crippen LogP contribution is 2.30. The molecule has 0 unspecified atom stereocenters. The monoisotopic (exact) mass is 337 g/mol. The molecule has 2 aromatic rings. The standard InChI is InChI=1S/C15H16ClN3O2S/c1-19(2)15-17-12(16)11(14(20)21-3)13(18-15)22-9-10-7-5-4-6-8-10/h4-8H,9H2,1-3H3. The number of nitrogens with zero attached hydrogens (tertiary/aromatic N) is 3. The second-order valence-electron chi connectivity index (χ2n) is 4.65. The summed E-state index contributed by atoms with van der Waals surface area (Å²) in [5, 5.41) is 0.612. The van der Waals surface area contributed by atoms with Crippen LogP contribution in [0.1, 0.15) is 15.9 Å². The Hall–Kier alpha value is -1.79. The topological polar surface area (TPSA) is 55.3 Å². The van der Waals surface area contributed by atoms with Gasteiger partial charge in [0.15, 0.2) is 0 Å². The van der Waals surface area contributed by atoms with Crippen LogP contribution < -0.4 is 4.90 Å². The van der Waals surface area contributed by atoms with Crippen LogP contribution in [0.2, 0.25) is 5.15 Å². The Kier molecular flexibility index (Phi) is 5.63. The van der Waals surface area contributed by atoms with E-state index in [2.05, 4.69) is 9.97 Å². The third-order valence-corrected chi connectivity index (χ3v) is 4.15. The van der Waals surface area contributed by atoms with Gasteiger partial charge < -0.3 is 9.64 Å². The zero-order chi connectivity index (χ0) is 16.1. The van der Waals surface area contributed by atoms with E-state index in [0.29, 0.717) is 16.7 Å². The molecule has 0 amide bonds. The Bertz CT molecular complexity index is 665. The first-order valence-corrected chi connectivity index (χ1v) is 7.89. The number of aromatic nitrogens is 2. The van der Waals surface area contributed by atoms with Crippen molar-refractivity contribution in [2.75, 3.05) is 26.1 Å². The van der Waals surface area contributed by atoms with Gasteiger partial charge in [-0.05, 0) is 5.56 Å². The largest absolute Gasteiger partial charge is 0.465 e. The predicted octanol–water partition coefficient (Wildman–Crippen LogP) is 3.27. The van der Waals surface area contributed by atoms with Crippen molar-refractivity contribution < 1.29 is 9.53 Å². The number of ether oxygens (including phenoxy) is 1. The number of halogens is 1. The highest BCUT2D eigenvalue weighted by molar-refractivity contribution is 7.98. The highest BCUT2D eigenvalue weighted by Gasteiger charge is 2.21. The normalized spacial score (nSPS) is 10.4. The summed E-state index contributed by atoms with van der Waals surface area (Å²) in [7, 11) is 4.94. The van der Waals surface area contributed by atoms with E-state index in [0.717, 1.165) is 5.56 Å². The van der Waals surface area contributed by atoms with E-state index in [1.807, 2.05) is 44.4 Å². The summed E-state index contributed by atoms with van der Waals surface area (Å²) in [4.78, 5) is 22.2. The first-order valence-electron chi connectivity index (χ1n) is 6.52. The van der Waals surface area contributed by atoms with Crippen molar-refractivity contribution in [3.05, 3.63) is 46.6 Å². The van der Waals surface area contributed by atoms with E-state index in [4.69, 9.17) is 16.3 Å². The second-order valence-corrected chi connectivity index (χ2v) is 5.98. The smallest absolute Gasteiger partial charge is 0.343 e. The Morgan fingerprint density at radius 1 is 1.27 bits per heavy atom. The van der Waals surface area contributed by atoms with Crippen LogP contribution in [-0.2, 0) is 10.5 Å². The molecule has 2 rings (SSSR count). The summed E-state index contributed by atoms with van der Waals surface area (Å²) in [6.07, 6.45) is 0. The molecular formula is C15H16ClN3O2S. The van der Waals surface area contributed by atoms with Crippen molar-refractivity contribution in [1.82, 2.24) is 9.97 Å². The molecule has 1 aromatic heterocycles. The quantitative estimate of drug-likeness (QED) is 0.474. The maximum atomic E-state index is 11.9. The maximum Gasteiger partial charge on any atom is 0.343 e. The van der Waals surface area contributed by atoms with E-state index >= 15 is 0 Å². The molecular weight excluding hydrogens is 322 g/mol. The molecule has 0 atom stereocenters. The van der Waals surface area contributed by atoms with Crippen LogP contribution >= 0.6 is 23.4 Å². The third-order valence-electron chi connectivity index (χ3n) is 2.83. The first kappa shape index (κ1) is 16.6. The lowest BCUT2D eigenvalue weighted by Gasteiger charge is -2.14. The summed E-state index contributed by atoms with van der Waals surface area (Å²) in [5.41, 5.74) is 1.33. The predicted molar refractivity (Wildman–Crippen MR) is 88.7 cm³/mol. The molecule has 0 fully saturated rings. The fraction of sp³-hybridized carbons (Fsp3) is 0.267. The van der Waals surface area contributed by atoms with Gasteiger partial charge in [-0.2, -0.15) is 4.98 Å². The van der Waals surface area contributed by atoms with Gasteiger partial charge in [-0.15, -0.1) is 11.8 Å². The fourth-order valence-corrected chi connectivity index (χ4v) is 2.97. The number of benzene rings is 1. The minimum absolute atomic E-state index is 0.0983. The van der Waals surface area contributed by atoms with E-state index < -0.39 is 5.97 Å². The van der Waals surface area contributed by atoms with Crippen molar-refractivity contribution in [1.29, 1.82) is 0 Å². The molecule has 1 heterocycles. The molecule has 0 spiro atoms. The fourth-order valence-electron chi connectivity index (χ4n) is 1.71. The Balaban J connectivity index is 2.35. The van der Waals surface area contributed by atoms with Crippen LogP contribution in [0, 0.1) is 0 Å². The van der Waals surface area contributed by atoms with Crippen LogP contribution in [0.3, 0.4) is 0 Å².